The first kappa shape index (κ1) is 13.6. The van der Waals surface area contributed by atoms with E-state index >= 15 is 0 Å². The van der Waals surface area contributed by atoms with Crippen LogP contribution < -0.4 is 0 Å². The molecule has 0 aliphatic rings. The molecule has 1 rings (SSSR count). The maximum atomic E-state index is 11.8. The van der Waals surface area contributed by atoms with Crippen LogP contribution in [0.15, 0.2) is 29.2 Å². The molecule has 0 saturated heterocycles. The molecule has 4 nitrogen and oxygen atoms in total. The van der Waals surface area contributed by atoms with Gasteiger partial charge in [-0.25, -0.2) is 4.79 Å². The molecule has 0 aliphatic heterocycles. The molecule has 0 heterocycles. The van der Waals surface area contributed by atoms with Crippen LogP contribution in [0.5, 0.6) is 0 Å². The smallest absolute Gasteiger partial charge is 0.375 e. The number of benzene rings is 1. The highest BCUT2D eigenvalue weighted by Crippen LogP contribution is 2.08. The summed E-state index contributed by atoms with van der Waals surface area (Å²) in [6.45, 7) is 3.67. The van der Waals surface area contributed by atoms with Gasteiger partial charge < -0.3 is 4.74 Å². The van der Waals surface area contributed by atoms with Crippen molar-refractivity contribution in [3.63, 3.8) is 0 Å². The summed E-state index contributed by atoms with van der Waals surface area (Å²) in [6.07, 6.45) is 0. The van der Waals surface area contributed by atoms with Crippen LogP contribution in [0.25, 0.3) is 0 Å². The maximum absolute atomic E-state index is 11.8. The van der Waals surface area contributed by atoms with Gasteiger partial charge in [-0.05, 0) is 26.0 Å². The third-order valence-electron chi connectivity index (χ3n) is 2.05. The molecule has 0 saturated carbocycles. The molecular formula is C12H14O4S. The number of esters is 1. The summed E-state index contributed by atoms with van der Waals surface area (Å²) in [7, 11) is -1.50. The van der Waals surface area contributed by atoms with E-state index in [2.05, 4.69) is 4.74 Å². The Morgan fingerprint density at radius 3 is 2.35 bits per heavy atom. The van der Waals surface area contributed by atoms with E-state index < -0.39 is 22.6 Å². The van der Waals surface area contributed by atoms with Crippen molar-refractivity contribution in [2.24, 2.45) is 0 Å². The molecule has 1 atom stereocenters. The molecule has 1 aromatic rings. The fourth-order valence-electron chi connectivity index (χ4n) is 1.16. The first-order valence-corrected chi connectivity index (χ1v) is 6.51. The number of Topliss-reactive ketones (excluding diaryl/α,β-unsaturated/α-hetero) is 1. The molecule has 0 radical (unpaired) electrons. The highest BCUT2D eigenvalue weighted by molar-refractivity contribution is 7.86. The minimum absolute atomic E-state index is 0.141. The van der Waals surface area contributed by atoms with E-state index in [1.165, 1.54) is 0 Å². The quantitative estimate of drug-likeness (QED) is 0.586. The lowest BCUT2D eigenvalue weighted by molar-refractivity contribution is -0.152. The standard InChI is InChI=1S/C12H14O4S/c1-3-16-12(14)11(13)8-17(15)10-6-4-9(2)5-7-10/h4-7H,3,8H2,1-2H3/t17-/m1/s1. The van der Waals surface area contributed by atoms with Gasteiger partial charge in [0.2, 0.25) is 0 Å². The van der Waals surface area contributed by atoms with Crippen LogP contribution in [0.4, 0.5) is 0 Å². The largest absolute Gasteiger partial charge is 0.460 e. The molecule has 92 valence electrons. The van der Waals surface area contributed by atoms with Crippen molar-refractivity contribution >= 4 is 22.6 Å². The number of hydrogen-bond donors (Lipinski definition) is 0. The summed E-state index contributed by atoms with van der Waals surface area (Å²) in [5, 5.41) is 0. The van der Waals surface area contributed by atoms with Crippen LogP contribution in [0.2, 0.25) is 0 Å². The van der Waals surface area contributed by atoms with Crippen molar-refractivity contribution in [1.29, 1.82) is 0 Å². The Balaban J connectivity index is 2.63. The Labute approximate surface area is 102 Å². The van der Waals surface area contributed by atoms with Gasteiger partial charge in [-0.1, -0.05) is 17.7 Å². The lowest BCUT2D eigenvalue weighted by atomic mass is 10.2. The lowest BCUT2D eigenvalue weighted by Crippen LogP contribution is -2.23. The molecule has 0 aliphatic carbocycles. The lowest BCUT2D eigenvalue weighted by Gasteiger charge is -2.02. The molecule has 0 bridgehead atoms. The fourth-order valence-corrected chi connectivity index (χ4v) is 2.13. The van der Waals surface area contributed by atoms with Gasteiger partial charge in [0.05, 0.1) is 23.2 Å². The summed E-state index contributed by atoms with van der Waals surface area (Å²) in [5.41, 5.74) is 1.04. The molecule has 0 spiro atoms. The highest BCUT2D eigenvalue weighted by Gasteiger charge is 2.18. The van der Waals surface area contributed by atoms with Gasteiger partial charge in [-0.2, -0.15) is 0 Å². The number of ether oxygens (including phenoxy) is 1. The van der Waals surface area contributed by atoms with E-state index in [1.54, 1.807) is 19.1 Å². The predicted octanol–water partition coefficient (Wildman–Crippen LogP) is 1.23. The predicted molar refractivity (Wildman–Crippen MR) is 64.1 cm³/mol. The van der Waals surface area contributed by atoms with E-state index in [0.717, 1.165) is 5.56 Å². The summed E-state index contributed by atoms with van der Waals surface area (Å²) >= 11 is 0. The Morgan fingerprint density at radius 1 is 1.24 bits per heavy atom. The summed E-state index contributed by atoms with van der Waals surface area (Å²) in [4.78, 5) is 22.9. The number of ketones is 1. The Kier molecular flexibility index (Phi) is 5.03. The van der Waals surface area contributed by atoms with Gasteiger partial charge in [0.15, 0.2) is 0 Å². The normalized spacial score (nSPS) is 11.9. The van der Waals surface area contributed by atoms with Gasteiger partial charge in [0.25, 0.3) is 5.78 Å². The second kappa shape index (κ2) is 6.30. The second-order valence-corrected chi connectivity index (χ2v) is 4.90. The van der Waals surface area contributed by atoms with Gasteiger partial charge in [-0.15, -0.1) is 0 Å². The molecule has 0 unspecified atom stereocenters. The van der Waals surface area contributed by atoms with E-state index in [0.29, 0.717) is 4.90 Å². The van der Waals surface area contributed by atoms with Crippen LogP contribution in [-0.2, 0) is 25.1 Å². The molecule has 0 aromatic heterocycles. The van der Waals surface area contributed by atoms with Gasteiger partial charge in [-0.3, -0.25) is 9.00 Å². The van der Waals surface area contributed by atoms with Crippen molar-refractivity contribution in [1.82, 2.24) is 0 Å². The third kappa shape index (κ3) is 4.11. The van der Waals surface area contributed by atoms with Crippen LogP contribution in [0, 0.1) is 6.92 Å². The minimum Gasteiger partial charge on any atom is -0.460 e. The molecule has 17 heavy (non-hydrogen) atoms. The van der Waals surface area contributed by atoms with E-state index in [-0.39, 0.29) is 12.4 Å². The first-order chi connectivity index (χ1) is 8.04. The van der Waals surface area contributed by atoms with Crippen LogP contribution in [-0.4, -0.2) is 28.3 Å². The number of rotatable bonds is 5. The van der Waals surface area contributed by atoms with Crippen LogP contribution >= 0.6 is 0 Å². The molecule has 0 fully saturated rings. The zero-order valence-corrected chi connectivity index (χ0v) is 10.6. The van der Waals surface area contributed by atoms with Crippen molar-refractivity contribution in [2.45, 2.75) is 18.7 Å². The zero-order chi connectivity index (χ0) is 12.8. The number of carbonyl (C=O) groups is 2. The van der Waals surface area contributed by atoms with Gasteiger partial charge >= 0.3 is 5.97 Å². The van der Waals surface area contributed by atoms with Crippen molar-refractivity contribution < 1.29 is 18.5 Å². The average molecular weight is 254 g/mol. The third-order valence-corrected chi connectivity index (χ3v) is 3.37. The Bertz CT molecular complexity index is 436. The van der Waals surface area contributed by atoms with E-state index in [1.807, 2.05) is 19.1 Å². The molecule has 0 amide bonds. The second-order valence-electron chi connectivity index (χ2n) is 3.45. The number of carbonyl (C=O) groups excluding carboxylic acids is 2. The summed E-state index contributed by atoms with van der Waals surface area (Å²) < 4.78 is 16.3. The average Bonchev–Trinajstić information content (AvgIpc) is 2.30. The Hall–Kier alpha value is -1.49. The molecule has 1 aromatic carbocycles. The molecule has 5 heteroatoms. The molecular weight excluding hydrogens is 240 g/mol. The summed E-state index contributed by atoms with van der Waals surface area (Å²) in [6, 6.07) is 6.98. The zero-order valence-electron chi connectivity index (χ0n) is 9.76. The fraction of sp³-hybridized carbons (Fsp3) is 0.333. The van der Waals surface area contributed by atoms with E-state index in [9.17, 15) is 13.8 Å². The van der Waals surface area contributed by atoms with Crippen molar-refractivity contribution in [3.05, 3.63) is 29.8 Å². The summed E-state index contributed by atoms with van der Waals surface area (Å²) in [5.74, 6) is -2.01. The van der Waals surface area contributed by atoms with Crippen molar-refractivity contribution in [3.8, 4) is 0 Å². The highest BCUT2D eigenvalue weighted by atomic mass is 32.2. The maximum Gasteiger partial charge on any atom is 0.375 e. The van der Waals surface area contributed by atoms with Crippen molar-refractivity contribution in [2.75, 3.05) is 12.4 Å². The van der Waals surface area contributed by atoms with Gasteiger partial charge in [0.1, 0.15) is 0 Å². The number of hydrogen-bond acceptors (Lipinski definition) is 4. The number of aryl methyl sites for hydroxylation is 1. The van der Waals surface area contributed by atoms with Crippen LogP contribution in [0.1, 0.15) is 12.5 Å². The van der Waals surface area contributed by atoms with E-state index in [4.69, 9.17) is 0 Å². The monoisotopic (exact) mass is 254 g/mol. The Morgan fingerprint density at radius 2 is 1.82 bits per heavy atom. The topological polar surface area (TPSA) is 60.4 Å². The molecule has 0 N–H and O–H groups in total. The van der Waals surface area contributed by atoms with Gasteiger partial charge in [0, 0.05) is 4.90 Å². The SMILES string of the molecule is CCOC(=O)C(=O)C[S@@](=O)c1ccc(C)cc1. The van der Waals surface area contributed by atoms with Crippen LogP contribution in [0.3, 0.4) is 0 Å². The first-order valence-electron chi connectivity index (χ1n) is 5.19. The minimum atomic E-state index is -1.50.